The van der Waals surface area contributed by atoms with Crippen LogP contribution < -0.4 is 5.11 Å². The fraction of sp³-hybridized carbons (Fsp3) is 0.833. The first-order valence-electron chi connectivity index (χ1n) is 8.62. The number of carboxylic acid groups (broad SMARTS) is 1. The minimum Gasteiger partial charge on any atom is -0.550 e. The standard InChI is InChI=1S/C18H34O2.Zn/c1-2-3-4-5-6-7-8-9-10-11-12-13-14-15-16-17-18(19)20;/h9-10H,2-8,11-17H2,1H3,(H,19,20);/p-1/b10-9-;. The first-order valence-corrected chi connectivity index (χ1v) is 8.62. The van der Waals surface area contributed by atoms with Crippen LogP contribution in [0.4, 0.5) is 0 Å². The molecule has 0 bridgehead atoms. The van der Waals surface area contributed by atoms with E-state index < -0.39 is 5.97 Å². The molecule has 2 nitrogen and oxygen atoms in total. The van der Waals surface area contributed by atoms with Crippen LogP contribution in [0.2, 0.25) is 0 Å². The first-order chi connectivity index (χ1) is 9.77. The van der Waals surface area contributed by atoms with E-state index >= 15 is 0 Å². The van der Waals surface area contributed by atoms with E-state index in [1.54, 1.807) is 0 Å². The molecular weight excluding hydrogens is 314 g/mol. The van der Waals surface area contributed by atoms with E-state index in [1.807, 2.05) is 0 Å². The van der Waals surface area contributed by atoms with E-state index in [-0.39, 0.29) is 25.9 Å². The summed E-state index contributed by atoms with van der Waals surface area (Å²) >= 11 is 0. The molecule has 0 spiro atoms. The summed E-state index contributed by atoms with van der Waals surface area (Å²) in [6, 6.07) is 0. The number of allylic oxidation sites excluding steroid dienone is 2. The average Bonchev–Trinajstić information content (AvgIpc) is 2.43. The summed E-state index contributed by atoms with van der Waals surface area (Å²) in [4.78, 5) is 10.2. The molecule has 0 N–H and O–H groups in total. The van der Waals surface area contributed by atoms with Crippen LogP contribution in [-0.4, -0.2) is 5.97 Å². The molecule has 0 fully saturated rings. The Hall–Kier alpha value is -0.167. The van der Waals surface area contributed by atoms with E-state index in [2.05, 4.69) is 19.1 Å². The first kappa shape index (κ1) is 23.1. The molecule has 0 heterocycles. The fourth-order valence-corrected chi connectivity index (χ4v) is 2.34. The Kier molecular flexibility index (Phi) is 21.8. The second-order valence-electron chi connectivity index (χ2n) is 5.71. The number of carbonyl (C=O) groups is 1. The SMILES string of the molecule is CCCCCCCC/C=C\CCCCCCCC(=O)[O-].[Zn]. The van der Waals surface area contributed by atoms with Crippen LogP contribution in [0.25, 0.3) is 0 Å². The molecule has 0 aliphatic rings. The van der Waals surface area contributed by atoms with Gasteiger partial charge in [-0.05, 0) is 38.5 Å². The Balaban J connectivity index is 0. The van der Waals surface area contributed by atoms with Gasteiger partial charge in [-0.2, -0.15) is 0 Å². The molecule has 0 aromatic carbocycles. The number of hydrogen-bond donors (Lipinski definition) is 0. The molecule has 0 aromatic heterocycles. The zero-order valence-electron chi connectivity index (χ0n) is 14.1. The monoisotopic (exact) mass is 345 g/mol. The van der Waals surface area contributed by atoms with Gasteiger partial charge >= 0.3 is 0 Å². The predicted molar refractivity (Wildman–Crippen MR) is 84.5 cm³/mol. The molecule has 120 valence electrons. The van der Waals surface area contributed by atoms with Gasteiger partial charge in [-0.3, -0.25) is 0 Å². The fourth-order valence-electron chi connectivity index (χ4n) is 2.34. The van der Waals surface area contributed by atoms with Gasteiger partial charge in [0, 0.05) is 25.4 Å². The Morgan fingerprint density at radius 1 is 0.762 bits per heavy atom. The molecule has 0 unspecified atom stereocenters. The van der Waals surface area contributed by atoms with E-state index in [4.69, 9.17) is 0 Å². The van der Waals surface area contributed by atoms with Crippen molar-refractivity contribution in [2.75, 3.05) is 0 Å². The smallest absolute Gasteiger partial charge is 0.0414 e. The number of aliphatic carboxylic acids is 1. The molecule has 0 rings (SSSR count). The molecular formula is C18H33O2Zn-. The van der Waals surface area contributed by atoms with Crippen molar-refractivity contribution in [1.82, 2.24) is 0 Å². The maximum Gasteiger partial charge on any atom is 0.0414 e. The Morgan fingerprint density at radius 2 is 1.19 bits per heavy atom. The maximum absolute atomic E-state index is 10.2. The van der Waals surface area contributed by atoms with Crippen LogP contribution in [-0.2, 0) is 24.3 Å². The predicted octanol–water partition coefficient (Wildman–Crippen LogP) is 4.77. The van der Waals surface area contributed by atoms with Crippen LogP contribution >= 0.6 is 0 Å². The molecule has 0 amide bonds. The molecule has 0 atom stereocenters. The van der Waals surface area contributed by atoms with Crippen LogP contribution in [0.3, 0.4) is 0 Å². The van der Waals surface area contributed by atoms with Crippen LogP contribution in [0.15, 0.2) is 12.2 Å². The summed E-state index contributed by atoms with van der Waals surface area (Å²) in [5.74, 6) is -0.914. The van der Waals surface area contributed by atoms with Gasteiger partial charge < -0.3 is 9.90 Å². The van der Waals surface area contributed by atoms with Crippen LogP contribution in [0, 0.1) is 0 Å². The Bertz CT molecular complexity index is 239. The van der Waals surface area contributed by atoms with Gasteiger partial charge in [0.25, 0.3) is 0 Å². The summed E-state index contributed by atoms with van der Waals surface area (Å²) in [7, 11) is 0. The second kappa shape index (κ2) is 19.8. The second-order valence-corrected chi connectivity index (χ2v) is 5.71. The minimum absolute atomic E-state index is 0. The van der Waals surface area contributed by atoms with Crippen molar-refractivity contribution in [2.24, 2.45) is 0 Å². The van der Waals surface area contributed by atoms with Gasteiger partial charge in [0.15, 0.2) is 0 Å². The summed E-state index contributed by atoms with van der Waals surface area (Å²) in [6.07, 6.45) is 20.9. The van der Waals surface area contributed by atoms with Crippen molar-refractivity contribution in [3.63, 3.8) is 0 Å². The minimum atomic E-state index is -0.914. The number of hydrogen-bond acceptors (Lipinski definition) is 2. The molecule has 0 saturated carbocycles. The number of rotatable bonds is 15. The van der Waals surface area contributed by atoms with Crippen molar-refractivity contribution < 1.29 is 29.4 Å². The topological polar surface area (TPSA) is 40.1 Å². The zero-order chi connectivity index (χ0) is 14.9. The molecule has 3 heteroatoms. The van der Waals surface area contributed by atoms with Crippen LogP contribution in [0.1, 0.15) is 96.8 Å². The molecule has 0 aliphatic heterocycles. The van der Waals surface area contributed by atoms with Gasteiger partial charge in [0.1, 0.15) is 0 Å². The van der Waals surface area contributed by atoms with Crippen LogP contribution in [0.5, 0.6) is 0 Å². The van der Waals surface area contributed by atoms with Crippen molar-refractivity contribution in [3.05, 3.63) is 12.2 Å². The average molecular weight is 347 g/mol. The zero-order valence-corrected chi connectivity index (χ0v) is 17.0. The number of carboxylic acids is 1. The number of carbonyl (C=O) groups excluding carboxylic acids is 1. The van der Waals surface area contributed by atoms with Crippen molar-refractivity contribution in [2.45, 2.75) is 96.8 Å². The van der Waals surface area contributed by atoms with E-state index in [1.165, 1.54) is 64.2 Å². The van der Waals surface area contributed by atoms with Gasteiger partial charge in [0.2, 0.25) is 0 Å². The van der Waals surface area contributed by atoms with Crippen molar-refractivity contribution >= 4 is 5.97 Å². The molecule has 21 heavy (non-hydrogen) atoms. The largest absolute Gasteiger partial charge is 0.550 e. The van der Waals surface area contributed by atoms with E-state index in [0.717, 1.165) is 19.3 Å². The molecule has 0 aliphatic carbocycles. The Labute approximate surface area is 144 Å². The third-order valence-corrected chi connectivity index (χ3v) is 3.64. The Morgan fingerprint density at radius 3 is 1.67 bits per heavy atom. The maximum atomic E-state index is 10.2. The molecule has 0 aromatic rings. The summed E-state index contributed by atoms with van der Waals surface area (Å²) in [6.45, 7) is 2.26. The quantitative estimate of drug-likeness (QED) is 0.243. The number of unbranched alkanes of at least 4 members (excludes halogenated alkanes) is 11. The summed E-state index contributed by atoms with van der Waals surface area (Å²) in [5, 5.41) is 10.2. The van der Waals surface area contributed by atoms with E-state index in [9.17, 15) is 9.90 Å². The third-order valence-electron chi connectivity index (χ3n) is 3.64. The van der Waals surface area contributed by atoms with Gasteiger partial charge in [-0.15, -0.1) is 0 Å². The molecule has 0 radical (unpaired) electrons. The normalized spacial score (nSPS) is 10.7. The third kappa shape index (κ3) is 22.3. The van der Waals surface area contributed by atoms with Crippen molar-refractivity contribution in [3.8, 4) is 0 Å². The van der Waals surface area contributed by atoms with Crippen molar-refractivity contribution in [1.29, 1.82) is 0 Å². The van der Waals surface area contributed by atoms with Gasteiger partial charge in [-0.25, -0.2) is 0 Å². The summed E-state index contributed by atoms with van der Waals surface area (Å²) < 4.78 is 0. The summed E-state index contributed by atoms with van der Waals surface area (Å²) in [5.41, 5.74) is 0. The van der Waals surface area contributed by atoms with Gasteiger partial charge in [0.05, 0.1) is 0 Å². The molecule has 0 saturated heterocycles. The van der Waals surface area contributed by atoms with E-state index in [0.29, 0.717) is 0 Å². The van der Waals surface area contributed by atoms with Gasteiger partial charge in [-0.1, -0.05) is 70.4 Å².